The number of fused-ring (bicyclic) bond motifs is 1. The second-order valence-electron chi connectivity index (χ2n) is 7.53. The van der Waals surface area contributed by atoms with Crippen LogP contribution in [0.4, 0.5) is 5.69 Å². The minimum absolute atomic E-state index is 0.467. The lowest BCUT2D eigenvalue weighted by atomic mass is 10.1. The first-order valence-corrected chi connectivity index (χ1v) is 11.0. The molecule has 0 unspecified atom stereocenters. The molecule has 1 aromatic heterocycles. The zero-order valence-corrected chi connectivity index (χ0v) is 19.9. The quantitative estimate of drug-likeness (QED) is 0.291. The molecule has 0 atom stereocenters. The maximum absolute atomic E-state index is 6.00. The van der Waals surface area contributed by atoms with E-state index in [0.717, 1.165) is 43.9 Å². The predicted octanol–water partition coefficient (Wildman–Crippen LogP) is 6.23. The van der Waals surface area contributed by atoms with Crippen LogP contribution in [0.2, 0.25) is 0 Å². The highest BCUT2D eigenvalue weighted by atomic mass is 79.9. The molecule has 6 heteroatoms. The summed E-state index contributed by atoms with van der Waals surface area (Å²) in [5.41, 5.74) is 3.22. The minimum atomic E-state index is 0.467. The number of anilines is 1. The highest BCUT2D eigenvalue weighted by molar-refractivity contribution is 9.10. The molecule has 4 rings (SSSR count). The smallest absolute Gasteiger partial charge is 0.127 e. The summed E-state index contributed by atoms with van der Waals surface area (Å²) in [4.78, 5) is 6.38. The van der Waals surface area contributed by atoms with Gasteiger partial charge in [-0.2, -0.15) is 0 Å². The third-order valence-electron chi connectivity index (χ3n) is 5.30. The number of nitrogens with zero attached hydrogens (tertiary/aromatic N) is 2. The van der Waals surface area contributed by atoms with Crippen molar-refractivity contribution < 1.29 is 14.2 Å². The molecule has 0 aliphatic carbocycles. The van der Waals surface area contributed by atoms with Crippen LogP contribution in [0.5, 0.6) is 17.2 Å². The summed E-state index contributed by atoms with van der Waals surface area (Å²) in [6, 6.07) is 20.5. The summed E-state index contributed by atoms with van der Waals surface area (Å²) in [7, 11) is 5.41. The first kappa shape index (κ1) is 22.0. The molecule has 0 saturated heterocycles. The second kappa shape index (κ2) is 9.92. The van der Waals surface area contributed by atoms with E-state index in [0.29, 0.717) is 13.2 Å². The monoisotopic (exact) mass is 492 g/mol. The number of halogens is 1. The number of ether oxygens (including phenoxy) is 3. The van der Waals surface area contributed by atoms with E-state index in [-0.39, 0.29) is 0 Å². The topological polar surface area (TPSA) is 43.8 Å². The van der Waals surface area contributed by atoms with Crippen LogP contribution in [-0.2, 0) is 13.2 Å². The first-order chi connectivity index (χ1) is 15.6. The number of rotatable bonds is 8. The van der Waals surface area contributed by atoms with Gasteiger partial charge in [0, 0.05) is 53.3 Å². The van der Waals surface area contributed by atoms with Gasteiger partial charge in [-0.25, -0.2) is 0 Å². The third kappa shape index (κ3) is 5.14. The van der Waals surface area contributed by atoms with Crippen molar-refractivity contribution in [3.8, 4) is 17.2 Å². The second-order valence-corrected chi connectivity index (χ2v) is 8.44. The van der Waals surface area contributed by atoms with Gasteiger partial charge in [0.05, 0.1) is 14.2 Å². The Kier molecular flexibility index (Phi) is 6.81. The van der Waals surface area contributed by atoms with Crippen molar-refractivity contribution in [3.05, 3.63) is 88.7 Å². The Bertz CT molecular complexity index is 1230. The average Bonchev–Trinajstić information content (AvgIpc) is 2.82. The van der Waals surface area contributed by atoms with E-state index in [1.807, 2.05) is 36.5 Å². The van der Waals surface area contributed by atoms with Crippen LogP contribution in [0, 0.1) is 0 Å². The summed E-state index contributed by atoms with van der Waals surface area (Å²) >= 11 is 3.45. The summed E-state index contributed by atoms with van der Waals surface area (Å²) in [6.45, 7) is 1.18. The van der Waals surface area contributed by atoms with Crippen LogP contribution in [-0.4, -0.2) is 26.3 Å². The molecule has 0 fully saturated rings. The van der Waals surface area contributed by atoms with Crippen molar-refractivity contribution in [2.75, 3.05) is 26.2 Å². The van der Waals surface area contributed by atoms with Gasteiger partial charge in [-0.1, -0.05) is 12.1 Å². The van der Waals surface area contributed by atoms with Gasteiger partial charge in [-0.05, 0) is 69.2 Å². The van der Waals surface area contributed by atoms with Gasteiger partial charge in [-0.3, -0.25) is 4.98 Å². The fourth-order valence-electron chi connectivity index (χ4n) is 3.57. The number of aromatic nitrogens is 1. The lowest BCUT2D eigenvalue weighted by Gasteiger charge is -2.21. The highest BCUT2D eigenvalue weighted by Crippen LogP contribution is 2.29. The Hall–Kier alpha value is -3.25. The average molecular weight is 493 g/mol. The van der Waals surface area contributed by atoms with Gasteiger partial charge in [0.2, 0.25) is 0 Å². The van der Waals surface area contributed by atoms with Crippen molar-refractivity contribution in [2.45, 2.75) is 13.2 Å². The van der Waals surface area contributed by atoms with E-state index in [9.17, 15) is 0 Å². The Balaban J connectivity index is 1.52. The molecule has 0 spiro atoms. The molecule has 0 radical (unpaired) electrons. The molecule has 3 aromatic carbocycles. The molecule has 0 bridgehead atoms. The van der Waals surface area contributed by atoms with Gasteiger partial charge >= 0.3 is 0 Å². The number of benzene rings is 3. The molecular formula is C26H25BrN2O3. The van der Waals surface area contributed by atoms with Gasteiger partial charge in [0.15, 0.2) is 0 Å². The summed E-state index contributed by atoms with van der Waals surface area (Å²) in [5.74, 6) is 2.42. The van der Waals surface area contributed by atoms with Crippen molar-refractivity contribution in [3.63, 3.8) is 0 Å². The zero-order chi connectivity index (χ0) is 22.5. The summed E-state index contributed by atoms with van der Waals surface area (Å²) in [6.07, 6.45) is 3.57. The van der Waals surface area contributed by atoms with E-state index >= 15 is 0 Å². The standard InChI is InChI=1S/C26H25BrN2O3/c1-29(16-20-6-8-24(30-2)13-26(20)31-3)23-7-4-19-5-9-25(12-21(19)11-23)32-17-18-10-22(27)15-28-14-18/h4-15H,16-17H2,1-3H3. The van der Waals surface area contributed by atoms with Crippen LogP contribution in [0.15, 0.2) is 77.5 Å². The molecule has 0 saturated carbocycles. The number of methoxy groups -OCH3 is 2. The van der Waals surface area contributed by atoms with Gasteiger partial charge in [0.1, 0.15) is 23.9 Å². The summed E-state index contributed by atoms with van der Waals surface area (Å²) < 4.78 is 17.8. The fourth-order valence-corrected chi connectivity index (χ4v) is 3.98. The maximum atomic E-state index is 6.00. The van der Waals surface area contributed by atoms with Crippen LogP contribution in [0.1, 0.15) is 11.1 Å². The normalized spacial score (nSPS) is 10.8. The molecule has 0 aliphatic rings. The van der Waals surface area contributed by atoms with Crippen LogP contribution >= 0.6 is 15.9 Å². The zero-order valence-electron chi connectivity index (χ0n) is 18.3. The van der Waals surface area contributed by atoms with Crippen molar-refractivity contribution in [1.82, 2.24) is 4.98 Å². The maximum Gasteiger partial charge on any atom is 0.127 e. The Morgan fingerprint density at radius 1 is 0.844 bits per heavy atom. The van der Waals surface area contributed by atoms with E-state index in [2.05, 4.69) is 63.2 Å². The number of hydrogen-bond acceptors (Lipinski definition) is 5. The van der Waals surface area contributed by atoms with Gasteiger partial charge in [-0.15, -0.1) is 0 Å². The number of hydrogen-bond donors (Lipinski definition) is 0. The Labute approximate surface area is 196 Å². The van der Waals surface area contributed by atoms with Crippen LogP contribution in [0.25, 0.3) is 10.8 Å². The van der Waals surface area contributed by atoms with E-state index < -0.39 is 0 Å². The molecule has 5 nitrogen and oxygen atoms in total. The lowest BCUT2D eigenvalue weighted by Crippen LogP contribution is -2.16. The molecular weight excluding hydrogens is 468 g/mol. The molecule has 32 heavy (non-hydrogen) atoms. The summed E-state index contributed by atoms with van der Waals surface area (Å²) in [5, 5.41) is 2.29. The van der Waals surface area contributed by atoms with Crippen molar-refractivity contribution in [2.24, 2.45) is 0 Å². The van der Waals surface area contributed by atoms with Crippen molar-refractivity contribution >= 4 is 32.4 Å². The largest absolute Gasteiger partial charge is 0.497 e. The van der Waals surface area contributed by atoms with E-state index in [1.165, 1.54) is 5.39 Å². The first-order valence-electron chi connectivity index (χ1n) is 10.2. The predicted molar refractivity (Wildman–Crippen MR) is 132 cm³/mol. The minimum Gasteiger partial charge on any atom is -0.497 e. The SMILES string of the molecule is COc1ccc(CN(C)c2ccc3ccc(OCc4cncc(Br)c4)cc3c2)c(OC)c1. The molecule has 0 aliphatic heterocycles. The van der Waals surface area contributed by atoms with Crippen molar-refractivity contribution in [1.29, 1.82) is 0 Å². The van der Waals surface area contributed by atoms with Crippen LogP contribution < -0.4 is 19.1 Å². The molecule has 164 valence electrons. The third-order valence-corrected chi connectivity index (χ3v) is 5.74. The molecule has 1 heterocycles. The molecule has 0 N–H and O–H groups in total. The van der Waals surface area contributed by atoms with Crippen LogP contribution in [0.3, 0.4) is 0 Å². The van der Waals surface area contributed by atoms with E-state index in [4.69, 9.17) is 14.2 Å². The highest BCUT2D eigenvalue weighted by Gasteiger charge is 2.10. The Morgan fingerprint density at radius 3 is 2.44 bits per heavy atom. The fraction of sp³-hybridized carbons (Fsp3) is 0.192. The lowest BCUT2D eigenvalue weighted by molar-refractivity contribution is 0.306. The van der Waals surface area contributed by atoms with Gasteiger partial charge in [0.25, 0.3) is 0 Å². The molecule has 0 amide bonds. The molecule has 4 aromatic rings. The van der Waals surface area contributed by atoms with E-state index in [1.54, 1.807) is 20.4 Å². The van der Waals surface area contributed by atoms with Gasteiger partial charge < -0.3 is 19.1 Å². The Morgan fingerprint density at radius 2 is 1.66 bits per heavy atom. The number of pyridine rings is 1.